The number of nitrogens with one attached hydrogen (secondary N) is 2. The van der Waals surface area contributed by atoms with Gasteiger partial charge in [-0.3, -0.25) is 19.1 Å². The molecule has 2 aromatic heterocycles. The fourth-order valence-electron chi connectivity index (χ4n) is 5.26. The first-order chi connectivity index (χ1) is 19.8. The van der Waals surface area contributed by atoms with Gasteiger partial charge >= 0.3 is 17.7 Å². The summed E-state index contributed by atoms with van der Waals surface area (Å²) >= 11 is 0. The molecule has 3 aromatic rings. The molecule has 4 rings (SSSR count). The maximum absolute atomic E-state index is 13.4. The summed E-state index contributed by atoms with van der Waals surface area (Å²) in [6, 6.07) is 7.19. The van der Waals surface area contributed by atoms with Gasteiger partial charge in [-0.2, -0.15) is 9.97 Å². The van der Waals surface area contributed by atoms with Gasteiger partial charge in [0.05, 0.1) is 32.2 Å². The lowest BCUT2D eigenvalue weighted by molar-refractivity contribution is -0.139. The third-order valence-electron chi connectivity index (χ3n) is 7.47. The van der Waals surface area contributed by atoms with Crippen LogP contribution in [0.2, 0.25) is 0 Å². The number of unbranched alkanes of at least 4 members (excludes halogenated alkanes) is 1. The van der Waals surface area contributed by atoms with E-state index in [0.29, 0.717) is 37.3 Å². The first-order valence-corrected chi connectivity index (χ1v) is 14.4. The van der Waals surface area contributed by atoms with Crippen molar-refractivity contribution in [1.82, 2.24) is 29.7 Å². The number of nitrogens with two attached hydrogens (primary N) is 1. The number of ether oxygens (including phenoxy) is 2. The molecule has 0 spiro atoms. The lowest BCUT2D eigenvalue weighted by atomic mass is 10.0. The second-order valence-electron chi connectivity index (χ2n) is 10.5. The average Bonchev–Trinajstić information content (AvgIpc) is 3.31. The number of esters is 1. The number of hydrogen-bond acceptors (Lipinski definition) is 9. The number of amides is 1. The summed E-state index contributed by atoms with van der Waals surface area (Å²) in [5.41, 5.74) is 8.47. The second kappa shape index (κ2) is 14.1. The molecule has 41 heavy (non-hydrogen) atoms. The predicted octanol–water partition coefficient (Wildman–Crippen LogP) is 2.72. The van der Waals surface area contributed by atoms with Crippen LogP contribution in [0.5, 0.6) is 6.01 Å². The number of H-pyrrole nitrogens is 1. The number of aromatic nitrogens is 4. The summed E-state index contributed by atoms with van der Waals surface area (Å²) in [4.78, 5) is 51.7. The van der Waals surface area contributed by atoms with Gasteiger partial charge in [-0.05, 0) is 43.4 Å². The van der Waals surface area contributed by atoms with E-state index >= 15 is 0 Å². The van der Waals surface area contributed by atoms with Gasteiger partial charge in [-0.1, -0.05) is 51.0 Å². The van der Waals surface area contributed by atoms with Crippen molar-refractivity contribution < 1.29 is 19.1 Å². The highest BCUT2D eigenvalue weighted by Crippen LogP contribution is 2.27. The monoisotopic (exact) mass is 567 g/mol. The molecule has 1 aliphatic rings. The topological polar surface area (TPSA) is 157 Å². The van der Waals surface area contributed by atoms with Crippen molar-refractivity contribution in [2.75, 3.05) is 32.5 Å². The molecule has 222 valence electrons. The van der Waals surface area contributed by atoms with Crippen LogP contribution in [0.3, 0.4) is 0 Å². The Labute approximate surface area is 239 Å². The molecule has 3 heterocycles. The Balaban J connectivity index is 1.46. The fraction of sp³-hybridized carbons (Fsp3) is 0.552. The maximum atomic E-state index is 13.4. The van der Waals surface area contributed by atoms with Crippen molar-refractivity contribution in [3.05, 3.63) is 45.9 Å². The standard InChI is InChI=1S/C29H41N7O5/c1-4-6-15-41-28-33-25(30)24-26(34-28)36(29(39)32-24)21-9-7-14-35(18-21)22(8-5-2)27(38)31-17-20-12-10-19(11-13-20)16-23(37)40-3/h10-13,21-22H,4-9,14-18H2,1-3H3,(H,31,38)(H,32,39)(H2,30,33,34). The zero-order valence-electron chi connectivity index (χ0n) is 24.1. The fourth-order valence-corrected chi connectivity index (χ4v) is 5.26. The van der Waals surface area contributed by atoms with Gasteiger partial charge in [0.15, 0.2) is 11.5 Å². The van der Waals surface area contributed by atoms with Crippen LogP contribution in [-0.4, -0.2) is 69.1 Å². The van der Waals surface area contributed by atoms with E-state index in [1.807, 2.05) is 24.3 Å². The van der Waals surface area contributed by atoms with Crippen LogP contribution in [-0.2, 0) is 27.3 Å². The van der Waals surface area contributed by atoms with Gasteiger partial charge < -0.3 is 25.5 Å². The summed E-state index contributed by atoms with van der Waals surface area (Å²) in [5, 5.41) is 3.08. The number of benzene rings is 1. The number of nitrogens with zero attached hydrogens (tertiary/aromatic N) is 4. The molecule has 2 unspecified atom stereocenters. The molecule has 2 atom stereocenters. The number of nitrogen functional groups attached to an aromatic ring is 1. The van der Waals surface area contributed by atoms with Crippen molar-refractivity contribution in [2.24, 2.45) is 0 Å². The number of carbonyl (C=O) groups excluding carboxylic acids is 2. The minimum Gasteiger partial charge on any atom is -0.469 e. The van der Waals surface area contributed by atoms with E-state index < -0.39 is 0 Å². The molecule has 1 amide bonds. The molecule has 1 fully saturated rings. The Hall–Kier alpha value is -3.93. The zero-order valence-corrected chi connectivity index (χ0v) is 24.1. The third kappa shape index (κ3) is 7.43. The number of rotatable bonds is 13. The van der Waals surface area contributed by atoms with Crippen LogP contribution in [0.4, 0.5) is 5.82 Å². The Bertz CT molecular complexity index is 1380. The molecule has 0 bridgehead atoms. The molecule has 1 aromatic carbocycles. The highest BCUT2D eigenvalue weighted by molar-refractivity contribution is 5.82. The minimum absolute atomic E-state index is 0.0457. The van der Waals surface area contributed by atoms with E-state index in [0.717, 1.165) is 49.8 Å². The Kier molecular flexibility index (Phi) is 10.3. The van der Waals surface area contributed by atoms with Crippen LogP contribution in [0.15, 0.2) is 29.1 Å². The van der Waals surface area contributed by atoms with Crippen LogP contribution in [0.25, 0.3) is 11.2 Å². The summed E-state index contributed by atoms with van der Waals surface area (Å²) in [6.07, 6.45) is 5.20. The van der Waals surface area contributed by atoms with Crippen molar-refractivity contribution in [3.63, 3.8) is 0 Å². The SMILES string of the molecule is CCCCOc1nc(N)c2[nH]c(=O)n(C3CCCN(C(CCC)C(=O)NCc4ccc(CC(=O)OC)cc4)C3)c2n1. The summed E-state index contributed by atoms with van der Waals surface area (Å²) in [5.74, 6) is -0.165. The second-order valence-corrected chi connectivity index (χ2v) is 10.5. The van der Waals surface area contributed by atoms with Crippen LogP contribution < -0.4 is 21.5 Å². The molecular formula is C29H41N7O5. The Morgan fingerprint density at radius 2 is 1.93 bits per heavy atom. The van der Waals surface area contributed by atoms with Gasteiger partial charge in [0.2, 0.25) is 5.91 Å². The number of hydrogen-bond donors (Lipinski definition) is 3. The molecule has 12 nitrogen and oxygen atoms in total. The molecule has 12 heteroatoms. The summed E-state index contributed by atoms with van der Waals surface area (Å²) in [7, 11) is 1.37. The van der Waals surface area contributed by atoms with E-state index in [1.165, 1.54) is 7.11 Å². The quantitative estimate of drug-likeness (QED) is 0.209. The highest BCUT2D eigenvalue weighted by Gasteiger charge is 2.32. The van der Waals surface area contributed by atoms with Crippen molar-refractivity contribution >= 4 is 28.9 Å². The minimum atomic E-state index is -0.324. The van der Waals surface area contributed by atoms with Crippen molar-refractivity contribution in [2.45, 2.75) is 77.4 Å². The summed E-state index contributed by atoms with van der Waals surface area (Å²) < 4.78 is 12.0. The molecule has 0 saturated carbocycles. The maximum Gasteiger partial charge on any atom is 0.328 e. The van der Waals surface area contributed by atoms with Gasteiger partial charge in [-0.25, -0.2) is 4.79 Å². The van der Waals surface area contributed by atoms with Gasteiger partial charge in [0, 0.05) is 13.1 Å². The van der Waals surface area contributed by atoms with Crippen LogP contribution in [0, 0.1) is 0 Å². The Morgan fingerprint density at radius 1 is 1.17 bits per heavy atom. The van der Waals surface area contributed by atoms with Crippen LogP contribution in [0.1, 0.15) is 69.5 Å². The number of fused-ring (bicyclic) bond motifs is 1. The highest BCUT2D eigenvalue weighted by atomic mass is 16.5. The van der Waals surface area contributed by atoms with E-state index in [1.54, 1.807) is 4.57 Å². The number of aromatic amines is 1. The van der Waals surface area contributed by atoms with Gasteiger partial charge in [0.25, 0.3) is 0 Å². The predicted molar refractivity (Wildman–Crippen MR) is 156 cm³/mol. The number of methoxy groups -OCH3 is 1. The van der Waals surface area contributed by atoms with Crippen molar-refractivity contribution in [1.29, 1.82) is 0 Å². The molecule has 1 aliphatic heterocycles. The van der Waals surface area contributed by atoms with E-state index in [4.69, 9.17) is 15.2 Å². The molecular weight excluding hydrogens is 526 g/mol. The Morgan fingerprint density at radius 3 is 2.63 bits per heavy atom. The van der Waals surface area contributed by atoms with Gasteiger partial charge in [-0.15, -0.1) is 0 Å². The zero-order chi connectivity index (χ0) is 29.4. The normalized spacial score (nSPS) is 16.4. The molecule has 0 aliphatic carbocycles. The molecule has 1 saturated heterocycles. The first kappa shape index (κ1) is 30.0. The van der Waals surface area contributed by atoms with Crippen molar-refractivity contribution in [3.8, 4) is 6.01 Å². The number of piperidine rings is 1. The van der Waals surface area contributed by atoms with Gasteiger partial charge in [0.1, 0.15) is 5.52 Å². The molecule has 0 radical (unpaired) electrons. The largest absolute Gasteiger partial charge is 0.469 e. The smallest absolute Gasteiger partial charge is 0.328 e. The number of likely N-dealkylation sites (tertiary alicyclic amines) is 1. The van der Waals surface area contributed by atoms with Crippen LogP contribution >= 0.6 is 0 Å². The van der Waals surface area contributed by atoms with E-state index in [-0.39, 0.29) is 47.9 Å². The number of anilines is 1. The van der Waals surface area contributed by atoms with E-state index in [2.05, 4.69) is 39.0 Å². The number of carbonyl (C=O) groups is 2. The number of imidazole rings is 1. The first-order valence-electron chi connectivity index (χ1n) is 14.4. The lowest BCUT2D eigenvalue weighted by Gasteiger charge is -2.37. The third-order valence-corrected chi connectivity index (χ3v) is 7.47. The summed E-state index contributed by atoms with van der Waals surface area (Å²) in [6.45, 7) is 6.27. The molecule has 4 N–H and O–H groups in total. The average molecular weight is 568 g/mol. The lowest BCUT2D eigenvalue weighted by Crippen LogP contribution is -2.51. The van der Waals surface area contributed by atoms with E-state index in [9.17, 15) is 14.4 Å².